The van der Waals surface area contributed by atoms with Gasteiger partial charge in [-0.2, -0.15) is 8.78 Å². The summed E-state index contributed by atoms with van der Waals surface area (Å²) >= 11 is 2.65. The molecule has 0 aliphatic rings. The van der Waals surface area contributed by atoms with Crippen LogP contribution in [0.4, 0.5) is 8.78 Å². The van der Waals surface area contributed by atoms with Crippen LogP contribution in [0.2, 0.25) is 0 Å². The molecule has 12 heavy (non-hydrogen) atoms. The Balaban J connectivity index is 3.92. The number of carboxylic acids is 1. The van der Waals surface area contributed by atoms with Crippen molar-refractivity contribution in [2.75, 3.05) is 11.9 Å². The van der Waals surface area contributed by atoms with Crippen molar-refractivity contribution in [1.29, 1.82) is 0 Å². The highest BCUT2D eigenvalue weighted by Gasteiger charge is 2.40. The minimum absolute atomic E-state index is 0.247. The van der Waals surface area contributed by atoms with Crippen LogP contribution in [0.15, 0.2) is 0 Å². The zero-order valence-electron chi connectivity index (χ0n) is 5.72. The Kier molecular flexibility index (Phi) is 4.08. The van der Waals surface area contributed by atoms with Crippen molar-refractivity contribution in [2.24, 2.45) is 0 Å². The molecule has 0 aliphatic heterocycles. The van der Waals surface area contributed by atoms with E-state index in [2.05, 4.69) is 20.7 Å². The van der Waals surface area contributed by atoms with Crippen molar-refractivity contribution in [2.45, 2.75) is 5.92 Å². The highest BCUT2D eigenvalue weighted by molar-refractivity contribution is 9.09. The number of ether oxygens (including phenoxy) is 1. The molecule has 0 unspecified atom stereocenters. The van der Waals surface area contributed by atoms with E-state index in [0.717, 1.165) is 0 Å². The third kappa shape index (κ3) is 3.61. The molecule has 1 N–H and O–H groups in total. The Bertz CT molecular complexity index is 194. The standard InChI is InChI=1S/C5H5BrF2O4/c6-1-3(9)12-2-5(7,8)4(10)11/h1-2H2,(H,10,11). The molecule has 0 amide bonds. The fourth-order valence-corrected chi connectivity index (χ4v) is 0.433. The van der Waals surface area contributed by atoms with E-state index in [4.69, 9.17) is 5.11 Å². The van der Waals surface area contributed by atoms with Gasteiger partial charge in [0, 0.05) is 0 Å². The van der Waals surface area contributed by atoms with Crippen LogP contribution >= 0.6 is 15.9 Å². The van der Waals surface area contributed by atoms with Gasteiger partial charge < -0.3 is 9.84 Å². The maximum atomic E-state index is 12.2. The van der Waals surface area contributed by atoms with Gasteiger partial charge in [-0.3, -0.25) is 4.79 Å². The van der Waals surface area contributed by atoms with Gasteiger partial charge in [0.2, 0.25) is 0 Å². The molecule has 0 fully saturated rings. The van der Waals surface area contributed by atoms with Crippen molar-refractivity contribution < 1.29 is 28.2 Å². The number of esters is 1. The number of aliphatic carboxylic acids is 1. The Morgan fingerprint density at radius 1 is 1.50 bits per heavy atom. The van der Waals surface area contributed by atoms with E-state index >= 15 is 0 Å². The van der Waals surface area contributed by atoms with Crippen LogP contribution in [0.3, 0.4) is 0 Å². The number of halogens is 3. The lowest BCUT2D eigenvalue weighted by atomic mass is 10.4. The molecule has 0 spiro atoms. The number of alkyl halides is 3. The summed E-state index contributed by atoms with van der Waals surface area (Å²) in [6, 6.07) is 0. The summed E-state index contributed by atoms with van der Waals surface area (Å²) in [4.78, 5) is 20.1. The van der Waals surface area contributed by atoms with Crippen LogP contribution in [0.25, 0.3) is 0 Å². The van der Waals surface area contributed by atoms with Gasteiger partial charge in [0.1, 0.15) is 5.33 Å². The highest BCUT2D eigenvalue weighted by Crippen LogP contribution is 2.13. The maximum absolute atomic E-state index is 12.2. The Morgan fingerprint density at radius 2 is 2.00 bits per heavy atom. The molecular weight excluding hydrogens is 242 g/mol. The van der Waals surface area contributed by atoms with Gasteiger partial charge in [0.05, 0.1) is 0 Å². The van der Waals surface area contributed by atoms with Gasteiger partial charge in [-0.15, -0.1) is 0 Å². The van der Waals surface area contributed by atoms with Gasteiger partial charge >= 0.3 is 17.9 Å². The second-order valence-electron chi connectivity index (χ2n) is 1.80. The van der Waals surface area contributed by atoms with Crippen LogP contribution in [0.5, 0.6) is 0 Å². The van der Waals surface area contributed by atoms with Crippen LogP contribution in [0, 0.1) is 0 Å². The van der Waals surface area contributed by atoms with Crippen molar-refractivity contribution >= 4 is 27.9 Å². The van der Waals surface area contributed by atoms with Gasteiger partial charge in [0.25, 0.3) is 0 Å². The van der Waals surface area contributed by atoms with Gasteiger partial charge in [-0.25, -0.2) is 4.79 Å². The molecule has 0 saturated heterocycles. The Morgan fingerprint density at radius 3 is 2.33 bits per heavy atom. The Labute approximate surface area is 74.6 Å². The molecule has 0 rings (SSSR count). The quantitative estimate of drug-likeness (QED) is 0.585. The normalized spacial score (nSPS) is 10.9. The first kappa shape index (κ1) is 11.3. The maximum Gasteiger partial charge on any atom is 0.378 e. The minimum Gasteiger partial charge on any atom is -0.477 e. The molecule has 0 saturated carbocycles. The first-order valence-electron chi connectivity index (χ1n) is 2.73. The van der Waals surface area contributed by atoms with E-state index in [9.17, 15) is 18.4 Å². The lowest BCUT2D eigenvalue weighted by molar-refractivity contribution is -0.176. The molecule has 0 aliphatic carbocycles. The number of hydrogen-bond acceptors (Lipinski definition) is 3. The van der Waals surface area contributed by atoms with Crippen molar-refractivity contribution in [1.82, 2.24) is 0 Å². The molecule has 0 aromatic heterocycles. The van der Waals surface area contributed by atoms with E-state index in [1.54, 1.807) is 0 Å². The number of carboxylic acid groups (broad SMARTS) is 1. The monoisotopic (exact) mass is 246 g/mol. The average molecular weight is 247 g/mol. The summed E-state index contributed by atoms with van der Waals surface area (Å²) in [5.74, 6) is -7.27. The molecule has 0 bridgehead atoms. The molecule has 0 heterocycles. The lowest BCUT2D eigenvalue weighted by Gasteiger charge is -2.10. The topological polar surface area (TPSA) is 63.6 Å². The first-order chi connectivity index (χ1) is 5.40. The third-order valence-electron chi connectivity index (χ3n) is 0.836. The molecule has 0 aromatic rings. The van der Waals surface area contributed by atoms with Gasteiger partial charge in [-0.1, -0.05) is 15.9 Å². The summed E-state index contributed by atoms with van der Waals surface area (Å²) in [5.41, 5.74) is 0. The zero-order valence-corrected chi connectivity index (χ0v) is 7.31. The number of rotatable bonds is 4. The van der Waals surface area contributed by atoms with E-state index < -0.39 is 24.5 Å². The second kappa shape index (κ2) is 4.34. The summed E-state index contributed by atoms with van der Waals surface area (Å²) in [7, 11) is 0. The fourth-order valence-electron chi connectivity index (χ4n) is 0.271. The molecule has 0 atom stereocenters. The lowest BCUT2D eigenvalue weighted by Crippen LogP contribution is -2.34. The van der Waals surface area contributed by atoms with E-state index in [1.165, 1.54) is 0 Å². The van der Waals surface area contributed by atoms with E-state index in [1.807, 2.05) is 0 Å². The second-order valence-corrected chi connectivity index (χ2v) is 2.36. The van der Waals surface area contributed by atoms with Gasteiger partial charge in [-0.05, 0) is 0 Å². The van der Waals surface area contributed by atoms with Crippen molar-refractivity contribution in [3.63, 3.8) is 0 Å². The van der Waals surface area contributed by atoms with E-state index in [0.29, 0.717) is 0 Å². The largest absolute Gasteiger partial charge is 0.477 e. The van der Waals surface area contributed by atoms with Gasteiger partial charge in [0.15, 0.2) is 6.61 Å². The average Bonchev–Trinajstić information content (AvgIpc) is 2.00. The molecule has 0 aromatic carbocycles. The number of carbonyl (C=O) groups is 2. The molecular formula is C5H5BrF2O4. The zero-order chi connectivity index (χ0) is 9.78. The molecule has 7 heteroatoms. The van der Waals surface area contributed by atoms with Crippen LogP contribution in [-0.2, 0) is 14.3 Å². The molecule has 70 valence electrons. The predicted octanol–water partition coefficient (Wildman–Crippen LogP) is 0.644. The fraction of sp³-hybridized carbons (Fsp3) is 0.600. The summed E-state index contributed by atoms with van der Waals surface area (Å²) < 4.78 is 28.2. The SMILES string of the molecule is O=C(CBr)OCC(F)(F)C(=O)O. The van der Waals surface area contributed by atoms with Crippen LogP contribution in [-0.4, -0.2) is 34.9 Å². The van der Waals surface area contributed by atoms with Crippen LogP contribution < -0.4 is 0 Å². The Hall–Kier alpha value is -0.720. The molecule has 0 radical (unpaired) electrons. The third-order valence-corrected chi connectivity index (χ3v) is 1.29. The first-order valence-corrected chi connectivity index (χ1v) is 3.85. The smallest absolute Gasteiger partial charge is 0.378 e. The predicted molar refractivity (Wildman–Crippen MR) is 37.3 cm³/mol. The van der Waals surface area contributed by atoms with E-state index in [-0.39, 0.29) is 5.33 Å². The summed E-state index contributed by atoms with van der Waals surface area (Å²) in [5, 5.41) is 7.63. The summed E-state index contributed by atoms with van der Waals surface area (Å²) in [6.07, 6.45) is 0. The highest BCUT2D eigenvalue weighted by atomic mass is 79.9. The molecule has 4 nitrogen and oxygen atoms in total. The van der Waals surface area contributed by atoms with Crippen molar-refractivity contribution in [3.05, 3.63) is 0 Å². The number of carbonyl (C=O) groups excluding carboxylic acids is 1. The number of hydrogen-bond donors (Lipinski definition) is 1. The van der Waals surface area contributed by atoms with Crippen LogP contribution in [0.1, 0.15) is 0 Å². The summed E-state index contributed by atoms with van der Waals surface area (Å²) in [6.45, 7) is -1.44. The minimum atomic E-state index is -4.02. The van der Waals surface area contributed by atoms with Crippen molar-refractivity contribution in [3.8, 4) is 0 Å².